The lowest BCUT2D eigenvalue weighted by molar-refractivity contribution is -0.111. The maximum atomic E-state index is 12.6. The predicted molar refractivity (Wildman–Crippen MR) is 116 cm³/mol. The van der Waals surface area contributed by atoms with Gasteiger partial charge in [0, 0.05) is 11.0 Å². The first kappa shape index (κ1) is 20.9. The summed E-state index contributed by atoms with van der Waals surface area (Å²) in [5.74, 6) is -0.693. The Balaban J connectivity index is 1.81. The van der Waals surface area contributed by atoms with Gasteiger partial charge in [-0.25, -0.2) is 4.79 Å². The highest BCUT2D eigenvalue weighted by Gasteiger charge is 2.27. The fraction of sp³-hybridized carbons (Fsp3) is 0.333. The van der Waals surface area contributed by atoms with Crippen molar-refractivity contribution in [2.45, 2.75) is 45.6 Å². The minimum Gasteiger partial charge on any atom is -0.459 e. The Morgan fingerprint density at radius 2 is 1.93 bits per heavy atom. The summed E-state index contributed by atoms with van der Waals surface area (Å²) in [5.41, 5.74) is 2.28. The smallest absolute Gasteiger partial charge is 0.341 e. The summed E-state index contributed by atoms with van der Waals surface area (Å²) in [7, 11) is 0. The van der Waals surface area contributed by atoms with Crippen LogP contribution in [-0.4, -0.2) is 18.0 Å². The highest BCUT2D eigenvalue weighted by atomic mass is 35.5. The van der Waals surface area contributed by atoms with Crippen LogP contribution in [0.1, 0.15) is 53.1 Å². The van der Waals surface area contributed by atoms with Crippen LogP contribution in [0.25, 0.3) is 6.08 Å². The van der Waals surface area contributed by atoms with Crippen molar-refractivity contribution in [3.8, 4) is 0 Å². The van der Waals surface area contributed by atoms with Gasteiger partial charge in [0.05, 0.1) is 21.7 Å². The minimum atomic E-state index is -0.377. The van der Waals surface area contributed by atoms with E-state index >= 15 is 0 Å². The van der Waals surface area contributed by atoms with Crippen LogP contribution in [0.3, 0.4) is 0 Å². The second kappa shape index (κ2) is 9.12. The zero-order valence-corrected chi connectivity index (χ0v) is 18.0. The molecule has 1 aromatic heterocycles. The molecule has 1 aromatic carbocycles. The summed E-state index contributed by atoms with van der Waals surface area (Å²) >= 11 is 13.4. The van der Waals surface area contributed by atoms with E-state index in [1.807, 2.05) is 13.8 Å². The molecule has 0 saturated heterocycles. The molecular weight excluding hydrogens is 417 g/mol. The summed E-state index contributed by atoms with van der Waals surface area (Å²) in [4.78, 5) is 26.2. The molecule has 4 nitrogen and oxygen atoms in total. The number of nitrogens with one attached hydrogen (secondary N) is 1. The number of carbonyl (C=O) groups is 2. The van der Waals surface area contributed by atoms with Crippen molar-refractivity contribution in [3.05, 3.63) is 55.9 Å². The van der Waals surface area contributed by atoms with Crippen molar-refractivity contribution in [1.82, 2.24) is 0 Å². The van der Waals surface area contributed by atoms with E-state index in [1.54, 1.807) is 24.3 Å². The first-order valence-corrected chi connectivity index (χ1v) is 10.7. The molecule has 7 heteroatoms. The molecule has 0 atom stereocenters. The molecule has 28 heavy (non-hydrogen) atoms. The van der Waals surface area contributed by atoms with Gasteiger partial charge in [0.15, 0.2) is 0 Å². The Kier molecular flexibility index (Phi) is 6.81. The van der Waals surface area contributed by atoms with Gasteiger partial charge in [0.2, 0.25) is 5.91 Å². The van der Waals surface area contributed by atoms with E-state index < -0.39 is 0 Å². The first-order chi connectivity index (χ1) is 13.3. The number of carbonyl (C=O) groups excluding carboxylic acids is 2. The van der Waals surface area contributed by atoms with Crippen LogP contribution < -0.4 is 5.32 Å². The SMILES string of the molecule is CC(C)OC(=O)c1c(NC(=O)/C=C/c2ccc(Cl)c(Cl)c2)sc2c1CCCC2. The Hall–Kier alpha value is -1.82. The number of hydrogen-bond acceptors (Lipinski definition) is 4. The lowest BCUT2D eigenvalue weighted by Gasteiger charge is -2.14. The van der Waals surface area contributed by atoms with E-state index in [-0.39, 0.29) is 18.0 Å². The molecule has 0 radical (unpaired) electrons. The first-order valence-electron chi connectivity index (χ1n) is 9.14. The molecule has 0 aliphatic heterocycles. The third kappa shape index (κ3) is 4.96. The van der Waals surface area contributed by atoms with Crippen LogP contribution in [0.5, 0.6) is 0 Å². The molecule has 0 bridgehead atoms. The fourth-order valence-corrected chi connectivity index (χ4v) is 4.67. The molecule has 1 N–H and O–H groups in total. The number of thiophene rings is 1. The number of esters is 1. The van der Waals surface area contributed by atoms with Gasteiger partial charge in [-0.15, -0.1) is 11.3 Å². The highest BCUT2D eigenvalue weighted by molar-refractivity contribution is 7.17. The molecule has 0 fully saturated rings. The van der Waals surface area contributed by atoms with E-state index in [4.69, 9.17) is 27.9 Å². The van der Waals surface area contributed by atoms with Crippen LogP contribution >= 0.6 is 34.5 Å². The van der Waals surface area contributed by atoms with Gasteiger partial charge in [-0.1, -0.05) is 29.3 Å². The number of hydrogen-bond donors (Lipinski definition) is 1. The van der Waals surface area contributed by atoms with E-state index in [0.29, 0.717) is 20.6 Å². The van der Waals surface area contributed by atoms with Gasteiger partial charge in [0.1, 0.15) is 5.00 Å². The summed E-state index contributed by atoms with van der Waals surface area (Å²) in [6.45, 7) is 3.63. The number of amides is 1. The molecule has 1 aliphatic carbocycles. The molecule has 0 spiro atoms. The maximum Gasteiger partial charge on any atom is 0.341 e. The van der Waals surface area contributed by atoms with Crippen molar-refractivity contribution >= 4 is 57.5 Å². The number of anilines is 1. The third-order valence-corrected chi connectivity index (χ3v) is 6.27. The van der Waals surface area contributed by atoms with Gasteiger partial charge in [0.25, 0.3) is 0 Å². The zero-order chi connectivity index (χ0) is 20.3. The average molecular weight is 438 g/mol. The van der Waals surface area contributed by atoms with Crippen LogP contribution in [0.4, 0.5) is 5.00 Å². The molecule has 148 valence electrons. The second-order valence-corrected chi connectivity index (χ2v) is 8.78. The number of rotatable bonds is 5. The zero-order valence-electron chi connectivity index (χ0n) is 15.7. The van der Waals surface area contributed by atoms with Gasteiger partial charge in [-0.2, -0.15) is 0 Å². The number of aryl methyl sites for hydroxylation is 1. The Morgan fingerprint density at radius 3 is 2.64 bits per heavy atom. The van der Waals surface area contributed by atoms with E-state index in [1.165, 1.54) is 17.4 Å². The molecule has 1 heterocycles. The third-order valence-electron chi connectivity index (χ3n) is 4.33. The van der Waals surface area contributed by atoms with E-state index in [0.717, 1.165) is 41.7 Å². The average Bonchev–Trinajstić information content (AvgIpc) is 3.00. The summed E-state index contributed by atoms with van der Waals surface area (Å²) < 4.78 is 5.41. The monoisotopic (exact) mass is 437 g/mol. The van der Waals surface area contributed by atoms with E-state index in [2.05, 4.69) is 5.32 Å². The Labute approximate surface area is 178 Å². The quantitative estimate of drug-likeness (QED) is 0.450. The van der Waals surface area contributed by atoms with Crippen molar-refractivity contribution in [2.75, 3.05) is 5.32 Å². The summed E-state index contributed by atoms with van der Waals surface area (Å²) in [6, 6.07) is 5.13. The van der Waals surface area contributed by atoms with Crippen LogP contribution in [0, 0.1) is 0 Å². The molecule has 2 aromatic rings. The molecule has 0 saturated carbocycles. The van der Waals surface area contributed by atoms with Crippen molar-refractivity contribution < 1.29 is 14.3 Å². The largest absolute Gasteiger partial charge is 0.459 e. The van der Waals surface area contributed by atoms with Gasteiger partial charge in [-0.3, -0.25) is 4.79 Å². The highest BCUT2D eigenvalue weighted by Crippen LogP contribution is 2.38. The number of ether oxygens (including phenoxy) is 1. The van der Waals surface area contributed by atoms with Crippen LogP contribution in [-0.2, 0) is 22.4 Å². The van der Waals surface area contributed by atoms with Crippen LogP contribution in [0.15, 0.2) is 24.3 Å². The lowest BCUT2D eigenvalue weighted by atomic mass is 9.95. The molecule has 1 aliphatic rings. The molecular formula is C21H21Cl2NO3S. The number of fused-ring (bicyclic) bond motifs is 1. The second-order valence-electron chi connectivity index (χ2n) is 6.87. The predicted octanol–water partition coefficient (Wildman–Crippen LogP) is 6.15. The molecule has 3 rings (SSSR count). The van der Waals surface area contributed by atoms with Gasteiger partial charge < -0.3 is 10.1 Å². The summed E-state index contributed by atoms with van der Waals surface area (Å²) in [5, 5.41) is 4.29. The number of benzene rings is 1. The van der Waals surface area contributed by atoms with Crippen LogP contribution in [0.2, 0.25) is 10.0 Å². The van der Waals surface area contributed by atoms with Crippen molar-refractivity contribution in [1.29, 1.82) is 0 Å². The molecule has 0 unspecified atom stereocenters. The van der Waals surface area contributed by atoms with Crippen molar-refractivity contribution in [3.63, 3.8) is 0 Å². The van der Waals surface area contributed by atoms with Crippen molar-refractivity contribution in [2.24, 2.45) is 0 Å². The summed E-state index contributed by atoms with van der Waals surface area (Å²) in [6.07, 6.45) is 6.74. The Bertz CT molecular complexity index is 934. The van der Waals surface area contributed by atoms with Gasteiger partial charge in [-0.05, 0) is 68.9 Å². The Morgan fingerprint density at radius 1 is 1.18 bits per heavy atom. The van der Waals surface area contributed by atoms with Gasteiger partial charge >= 0.3 is 5.97 Å². The van der Waals surface area contributed by atoms with E-state index in [9.17, 15) is 9.59 Å². The molecule has 1 amide bonds. The lowest BCUT2D eigenvalue weighted by Crippen LogP contribution is -2.17. The standard InChI is InChI=1S/C21H21Cl2NO3S/c1-12(2)27-21(26)19-14-5-3-4-6-17(14)28-20(19)24-18(25)10-8-13-7-9-15(22)16(23)11-13/h7-12H,3-6H2,1-2H3,(H,24,25)/b10-8+. The fourth-order valence-electron chi connectivity index (χ4n) is 3.08. The maximum absolute atomic E-state index is 12.6. The number of halogens is 2. The topological polar surface area (TPSA) is 55.4 Å². The minimum absolute atomic E-state index is 0.218. The normalized spacial score (nSPS) is 13.6.